The van der Waals surface area contributed by atoms with Crippen molar-refractivity contribution in [2.24, 2.45) is 0 Å². The summed E-state index contributed by atoms with van der Waals surface area (Å²) in [4.78, 5) is 0. The monoisotopic (exact) mass is 350 g/mol. The molecule has 0 radical (unpaired) electrons. The van der Waals surface area contributed by atoms with Gasteiger partial charge in [-0.25, -0.2) is 0 Å². The van der Waals surface area contributed by atoms with Gasteiger partial charge in [-0.15, -0.1) is 0 Å². The molecule has 7 heteroatoms. The van der Waals surface area contributed by atoms with Gasteiger partial charge >= 0.3 is 0 Å². The molecule has 0 saturated heterocycles. The van der Waals surface area contributed by atoms with Crippen molar-refractivity contribution in [3.63, 3.8) is 0 Å². The average molecular weight is 351 g/mol. The van der Waals surface area contributed by atoms with E-state index in [0.717, 1.165) is 11.3 Å². The summed E-state index contributed by atoms with van der Waals surface area (Å²) < 4.78 is 0. The van der Waals surface area contributed by atoms with Crippen molar-refractivity contribution < 1.29 is 0 Å². The Hall–Kier alpha value is -1.89. The van der Waals surface area contributed by atoms with Gasteiger partial charge in [0.15, 0.2) is 10.2 Å². The molecule has 0 amide bonds. The number of anilines is 1. The predicted octanol–water partition coefficient (Wildman–Crippen LogP) is 3.21. The van der Waals surface area contributed by atoms with Crippen LogP contribution in [0.4, 0.5) is 5.69 Å². The summed E-state index contributed by atoms with van der Waals surface area (Å²) in [5.41, 5.74) is 7.58. The Labute approximate surface area is 145 Å². The Morgan fingerprint density at radius 3 is 2.36 bits per heavy atom. The first-order valence-corrected chi connectivity index (χ1v) is 7.73. The van der Waals surface area contributed by atoms with Crippen molar-refractivity contribution in [1.82, 2.24) is 16.2 Å². The highest BCUT2D eigenvalue weighted by molar-refractivity contribution is 7.80. The molecule has 0 aromatic heterocycles. The number of benzene rings is 2. The highest BCUT2D eigenvalue weighted by Crippen LogP contribution is 2.14. The van der Waals surface area contributed by atoms with E-state index in [9.17, 15) is 0 Å². The summed E-state index contributed by atoms with van der Waals surface area (Å²) in [7, 11) is 0. The maximum atomic E-state index is 5.91. The number of hydrazine groups is 1. The van der Waals surface area contributed by atoms with E-state index in [1.807, 2.05) is 42.5 Å². The van der Waals surface area contributed by atoms with Crippen LogP contribution >= 0.6 is 36.0 Å². The number of thiocarbonyl (C=S) groups is 2. The van der Waals surface area contributed by atoms with E-state index in [0.29, 0.717) is 21.8 Å². The molecule has 0 unspecified atom stereocenters. The minimum Gasteiger partial charge on any atom is -0.357 e. The van der Waals surface area contributed by atoms with Gasteiger partial charge in [0.1, 0.15) is 0 Å². The zero-order chi connectivity index (χ0) is 15.8. The lowest BCUT2D eigenvalue weighted by molar-refractivity contribution is 0.809. The van der Waals surface area contributed by atoms with Gasteiger partial charge in [0, 0.05) is 17.3 Å². The van der Waals surface area contributed by atoms with Crippen LogP contribution in [0.15, 0.2) is 54.6 Å². The van der Waals surface area contributed by atoms with E-state index in [2.05, 4.69) is 21.5 Å². The number of rotatable bonds is 3. The lowest BCUT2D eigenvalue weighted by atomic mass is 10.2. The molecule has 22 heavy (non-hydrogen) atoms. The van der Waals surface area contributed by atoms with Gasteiger partial charge in [-0.05, 0) is 48.2 Å². The fourth-order valence-electron chi connectivity index (χ4n) is 1.66. The molecule has 4 nitrogen and oxygen atoms in total. The molecule has 2 aromatic carbocycles. The molecule has 0 saturated carbocycles. The Balaban J connectivity index is 1.70. The van der Waals surface area contributed by atoms with Crippen LogP contribution in [0.1, 0.15) is 5.56 Å². The summed E-state index contributed by atoms with van der Waals surface area (Å²) in [6.07, 6.45) is 0. The van der Waals surface area contributed by atoms with Crippen molar-refractivity contribution in [3.8, 4) is 0 Å². The summed E-state index contributed by atoms with van der Waals surface area (Å²) in [6, 6.07) is 17.3. The van der Waals surface area contributed by atoms with Crippen LogP contribution in [0, 0.1) is 0 Å². The van der Waals surface area contributed by atoms with E-state index in [4.69, 9.17) is 36.0 Å². The Kier molecular flexibility index (Phi) is 6.39. The fraction of sp³-hybridized carbons (Fsp3) is 0.0667. The van der Waals surface area contributed by atoms with Crippen LogP contribution in [0.5, 0.6) is 0 Å². The molecule has 2 aromatic rings. The van der Waals surface area contributed by atoms with E-state index in [1.54, 1.807) is 12.1 Å². The van der Waals surface area contributed by atoms with Crippen molar-refractivity contribution in [1.29, 1.82) is 0 Å². The van der Waals surface area contributed by atoms with Gasteiger partial charge in [0.05, 0.1) is 0 Å². The largest absolute Gasteiger partial charge is 0.357 e. The van der Waals surface area contributed by atoms with Crippen molar-refractivity contribution >= 4 is 51.9 Å². The Morgan fingerprint density at radius 2 is 1.64 bits per heavy atom. The fourth-order valence-corrected chi connectivity index (χ4v) is 2.15. The molecular weight excluding hydrogens is 336 g/mol. The van der Waals surface area contributed by atoms with Gasteiger partial charge in [-0.2, -0.15) is 0 Å². The van der Waals surface area contributed by atoms with Gasteiger partial charge in [-0.3, -0.25) is 10.9 Å². The van der Waals surface area contributed by atoms with E-state index >= 15 is 0 Å². The summed E-state index contributed by atoms with van der Waals surface area (Å²) in [5, 5.41) is 7.57. The number of hydrogen-bond acceptors (Lipinski definition) is 2. The molecule has 0 aliphatic rings. The van der Waals surface area contributed by atoms with Gasteiger partial charge < -0.3 is 10.6 Å². The summed E-state index contributed by atoms with van der Waals surface area (Å²) >= 11 is 16.2. The smallest absolute Gasteiger partial charge is 0.189 e. The minimum absolute atomic E-state index is 0.395. The van der Waals surface area contributed by atoms with Crippen molar-refractivity contribution in [2.75, 3.05) is 5.32 Å². The molecule has 4 N–H and O–H groups in total. The molecule has 0 aliphatic heterocycles. The average Bonchev–Trinajstić information content (AvgIpc) is 2.52. The van der Waals surface area contributed by atoms with Crippen LogP contribution in [0.2, 0.25) is 5.02 Å². The van der Waals surface area contributed by atoms with Crippen LogP contribution < -0.4 is 21.5 Å². The molecule has 0 fully saturated rings. The van der Waals surface area contributed by atoms with Crippen molar-refractivity contribution in [2.45, 2.75) is 6.54 Å². The lowest BCUT2D eigenvalue weighted by Crippen LogP contribution is -2.47. The standard InChI is InChI=1S/C15H15ClN4S2/c16-12-7-4-8-13(9-12)18-15(22)20-19-14(21)17-10-11-5-2-1-3-6-11/h1-9H,10H2,(H2,17,19,21)(H2,18,20,22). The Bertz CT molecular complexity index is 649. The normalized spacial score (nSPS) is 9.68. The molecular formula is C15H15ClN4S2. The summed E-state index contributed by atoms with van der Waals surface area (Å²) in [6.45, 7) is 0.642. The second kappa shape index (κ2) is 8.53. The second-order valence-corrected chi connectivity index (χ2v) is 5.64. The first-order valence-electron chi connectivity index (χ1n) is 6.54. The van der Waals surface area contributed by atoms with Crippen molar-refractivity contribution in [3.05, 3.63) is 65.2 Å². The maximum Gasteiger partial charge on any atom is 0.189 e. The lowest BCUT2D eigenvalue weighted by Gasteiger charge is -2.14. The predicted molar refractivity (Wildman–Crippen MR) is 99.8 cm³/mol. The molecule has 0 spiro atoms. The molecule has 0 bridgehead atoms. The Morgan fingerprint density at radius 1 is 0.909 bits per heavy atom. The number of halogens is 1. The van der Waals surface area contributed by atoms with E-state index in [-0.39, 0.29) is 0 Å². The minimum atomic E-state index is 0.395. The quantitative estimate of drug-likeness (QED) is 0.504. The molecule has 114 valence electrons. The first-order chi connectivity index (χ1) is 10.6. The highest BCUT2D eigenvalue weighted by Gasteiger charge is 2.00. The van der Waals surface area contributed by atoms with Gasteiger partial charge in [0.2, 0.25) is 0 Å². The molecule has 0 aliphatic carbocycles. The first kappa shape index (κ1) is 16.5. The van der Waals surface area contributed by atoms with E-state index < -0.39 is 0 Å². The van der Waals surface area contributed by atoms with Gasteiger partial charge in [-0.1, -0.05) is 48.0 Å². The SMILES string of the molecule is S=C(NCc1ccccc1)NNC(=S)Nc1cccc(Cl)c1. The number of hydrogen-bond donors (Lipinski definition) is 4. The molecule has 0 heterocycles. The zero-order valence-electron chi connectivity index (χ0n) is 11.6. The second-order valence-electron chi connectivity index (χ2n) is 4.38. The third-order valence-electron chi connectivity index (χ3n) is 2.67. The third kappa shape index (κ3) is 5.85. The van der Waals surface area contributed by atoms with Gasteiger partial charge in [0.25, 0.3) is 0 Å². The third-order valence-corrected chi connectivity index (χ3v) is 3.35. The van der Waals surface area contributed by atoms with Crippen LogP contribution in [-0.2, 0) is 6.54 Å². The van der Waals surface area contributed by atoms with E-state index in [1.165, 1.54) is 0 Å². The molecule has 0 atom stereocenters. The van der Waals surface area contributed by atoms with Crippen LogP contribution in [-0.4, -0.2) is 10.2 Å². The maximum absolute atomic E-state index is 5.91. The topological polar surface area (TPSA) is 48.1 Å². The molecule has 2 rings (SSSR count). The van der Waals surface area contributed by atoms with Crippen LogP contribution in [0.3, 0.4) is 0 Å². The van der Waals surface area contributed by atoms with Crippen LogP contribution in [0.25, 0.3) is 0 Å². The summed E-state index contributed by atoms with van der Waals surface area (Å²) in [5.74, 6) is 0. The highest BCUT2D eigenvalue weighted by atomic mass is 35.5. The zero-order valence-corrected chi connectivity index (χ0v) is 14.0. The number of nitrogens with one attached hydrogen (secondary N) is 4.